The van der Waals surface area contributed by atoms with Crippen molar-refractivity contribution in [1.82, 2.24) is 5.32 Å². The Bertz CT molecular complexity index is 441. The van der Waals surface area contributed by atoms with Crippen molar-refractivity contribution in [2.75, 3.05) is 13.1 Å². The van der Waals surface area contributed by atoms with Gasteiger partial charge in [-0.3, -0.25) is 4.79 Å². The van der Waals surface area contributed by atoms with Gasteiger partial charge < -0.3 is 11.1 Å². The third kappa shape index (κ3) is 3.99. The number of nitrogens with one attached hydrogen (secondary N) is 1. The van der Waals surface area contributed by atoms with Crippen LogP contribution in [0.15, 0.2) is 24.3 Å². The van der Waals surface area contributed by atoms with E-state index in [9.17, 15) is 13.6 Å². The Hall–Kier alpha value is -1.49. The van der Waals surface area contributed by atoms with E-state index in [0.717, 1.165) is 11.1 Å². The van der Waals surface area contributed by atoms with Crippen LogP contribution in [0.25, 0.3) is 0 Å². The minimum absolute atomic E-state index is 0.440. The van der Waals surface area contributed by atoms with Crippen molar-refractivity contribution in [3.63, 3.8) is 0 Å². The van der Waals surface area contributed by atoms with E-state index < -0.39 is 30.3 Å². The molecule has 0 atom stereocenters. The van der Waals surface area contributed by atoms with Crippen molar-refractivity contribution in [3.8, 4) is 0 Å². The maximum Gasteiger partial charge on any atom is 0.277 e. The fourth-order valence-corrected chi connectivity index (χ4v) is 1.60. The van der Waals surface area contributed by atoms with Gasteiger partial charge in [0, 0.05) is 0 Å². The van der Waals surface area contributed by atoms with E-state index in [4.69, 9.17) is 5.73 Å². The lowest BCUT2D eigenvalue weighted by Crippen LogP contribution is -2.47. The average Bonchev–Trinajstić information content (AvgIpc) is 2.36. The molecule has 0 saturated heterocycles. The molecule has 106 valence electrons. The van der Waals surface area contributed by atoms with Gasteiger partial charge in [0.15, 0.2) is 0 Å². The summed E-state index contributed by atoms with van der Waals surface area (Å²) in [7, 11) is 0. The predicted octanol–water partition coefficient (Wildman–Crippen LogP) is 1.98. The minimum Gasteiger partial charge on any atom is -0.349 e. The molecule has 1 amide bonds. The number of aryl methyl sites for hydroxylation is 1. The van der Waals surface area contributed by atoms with Gasteiger partial charge in [-0.25, -0.2) is 8.78 Å². The third-order valence-corrected chi connectivity index (χ3v) is 3.15. The van der Waals surface area contributed by atoms with Crippen LogP contribution in [0.4, 0.5) is 8.78 Å². The van der Waals surface area contributed by atoms with Gasteiger partial charge in [0.1, 0.15) is 0 Å². The van der Waals surface area contributed by atoms with Gasteiger partial charge in [-0.1, -0.05) is 29.8 Å². The Balaban J connectivity index is 2.77. The number of hydrogen-bond donors (Lipinski definition) is 2. The molecule has 0 fully saturated rings. The minimum atomic E-state index is -3.07. The molecule has 5 heteroatoms. The highest BCUT2D eigenvalue weighted by Crippen LogP contribution is 2.24. The molecule has 0 heterocycles. The van der Waals surface area contributed by atoms with Crippen LogP contribution in [-0.4, -0.2) is 24.9 Å². The van der Waals surface area contributed by atoms with Gasteiger partial charge in [-0.15, -0.1) is 0 Å². The summed E-state index contributed by atoms with van der Waals surface area (Å²) in [6.45, 7) is 3.83. The highest BCUT2D eigenvalue weighted by atomic mass is 19.3. The van der Waals surface area contributed by atoms with Crippen LogP contribution in [-0.2, 0) is 10.2 Å². The van der Waals surface area contributed by atoms with E-state index in [1.54, 1.807) is 13.8 Å². The summed E-state index contributed by atoms with van der Waals surface area (Å²) in [5.74, 6) is -3.51. The van der Waals surface area contributed by atoms with Crippen molar-refractivity contribution in [1.29, 1.82) is 0 Å². The number of amides is 1. The molecule has 1 aromatic carbocycles. The zero-order valence-electron chi connectivity index (χ0n) is 11.5. The van der Waals surface area contributed by atoms with E-state index in [0.29, 0.717) is 0 Å². The highest BCUT2D eigenvalue weighted by molar-refractivity contribution is 5.87. The van der Waals surface area contributed by atoms with E-state index in [1.165, 1.54) is 0 Å². The number of hydrogen-bond acceptors (Lipinski definition) is 2. The maximum absolute atomic E-state index is 13.0. The van der Waals surface area contributed by atoms with Crippen LogP contribution >= 0.6 is 0 Å². The summed E-state index contributed by atoms with van der Waals surface area (Å²) in [5, 5.41) is 2.26. The molecule has 3 N–H and O–H groups in total. The molecule has 0 aromatic heterocycles. The lowest BCUT2D eigenvalue weighted by Gasteiger charge is -2.25. The zero-order chi connectivity index (χ0) is 14.7. The molecule has 1 rings (SSSR count). The van der Waals surface area contributed by atoms with E-state index in [2.05, 4.69) is 5.32 Å². The average molecular weight is 270 g/mol. The predicted molar refractivity (Wildman–Crippen MR) is 71.2 cm³/mol. The van der Waals surface area contributed by atoms with Gasteiger partial charge in [-0.05, 0) is 26.3 Å². The summed E-state index contributed by atoms with van der Waals surface area (Å²) in [5.41, 5.74) is 5.93. The number of halogens is 2. The summed E-state index contributed by atoms with van der Waals surface area (Å²) < 4.78 is 26.0. The second kappa shape index (κ2) is 5.65. The van der Waals surface area contributed by atoms with Crippen molar-refractivity contribution in [2.45, 2.75) is 32.1 Å². The summed E-state index contributed by atoms with van der Waals surface area (Å²) in [6.07, 6.45) is 0. The molecule has 0 unspecified atom stereocenters. The first-order valence-electron chi connectivity index (χ1n) is 6.12. The first kappa shape index (κ1) is 15.6. The summed E-state index contributed by atoms with van der Waals surface area (Å²) >= 11 is 0. The van der Waals surface area contributed by atoms with Crippen molar-refractivity contribution in [2.24, 2.45) is 5.73 Å². The largest absolute Gasteiger partial charge is 0.349 e. The fourth-order valence-electron chi connectivity index (χ4n) is 1.60. The van der Waals surface area contributed by atoms with Gasteiger partial charge in [0.05, 0.1) is 18.5 Å². The Morgan fingerprint density at radius 3 is 2.26 bits per heavy atom. The molecule has 0 aliphatic rings. The van der Waals surface area contributed by atoms with E-state index in [1.807, 2.05) is 31.2 Å². The number of rotatable bonds is 5. The summed E-state index contributed by atoms with van der Waals surface area (Å²) in [4.78, 5) is 12.0. The highest BCUT2D eigenvalue weighted by Gasteiger charge is 2.33. The topological polar surface area (TPSA) is 55.1 Å². The van der Waals surface area contributed by atoms with Crippen LogP contribution in [0.2, 0.25) is 0 Å². The molecular weight excluding hydrogens is 250 g/mol. The molecular formula is C14H20F2N2O. The van der Waals surface area contributed by atoms with E-state index >= 15 is 0 Å². The quantitative estimate of drug-likeness (QED) is 0.859. The standard InChI is InChI=1S/C14H20F2N2O/c1-10-4-6-11(7-5-10)13(2,3)12(19)18-9-14(15,16)8-17/h4-7H,8-9,17H2,1-3H3,(H,18,19). The van der Waals surface area contributed by atoms with Gasteiger partial charge in [0.25, 0.3) is 5.92 Å². The molecule has 0 aliphatic heterocycles. The Morgan fingerprint density at radius 1 is 1.26 bits per heavy atom. The number of carbonyl (C=O) groups excluding carboxylic acids is 1. The molecule has 3 nitrogen and oxygen atoms in total. The second-order valence-electron chi connectivity index (χ2n) is 5.23. The maximum atomic E-state index is 13.0. The van der Waals surface area contributed by atoms with Crippen LogP contribution in [0.3, 0.4) is 0 Å². The number of carbonyl (C=O) groups is 1. The lowest BCUT2D eigenvalue weighted by atomic mass is 9.83. The Morgan fingerprint density at radius 2 is 1.79 bits per heavy atom. The monoisotopic (exact) mass is 270 g/mol. The normalized spacial score (nSPS) is 12.3. The molecule has 1 aromatic rings. The summed E-state index contributed by atoms with van der Waals surface area (Å²) in [6, 6.07) is 7.43. The first-order chi connectivity index (χ1) is 8.69. The van der Waals surface area contributed by atoms with Crippen LogP contribution < -0.4 is 11.1 Å². The second-order valence-corrected chi connectivity index (χ2v) is 5.23. The Kier molecular flexibility index (Phi) is 4.63. The first-order valence-corrected chi connectivity index (χ1v) is 6.12. The zero-order valence-corrected chi connectivity index (χ0v) is 11.5. The molecule has 0 bridgehead atoms. The SMILES string of the molecule is Cc1ccc(C(C)(C)C(=O)NCC(F)(F)CN)cc1. The third-order valence-electron chi connectivity index (χ3n) is 3.15. The van der Waals surface area contributed by atoms with Crippen LogP contribution in [0.5, 0.6) is 0 Å². The number of nitrogens with two attached hydrogens (primary N) is 1. The molecule has 0 spiro atoms. The number of alkyl halides is 2. The Labute approximate surface area is 112 Å². The fraction of sp³-hybridized carbons (Fsp3) is 0.500. The van der Waals surface area contributed by atoms with E-state index in [-0.39, 0.29) is 0 Å². The molecule has 0 saturated carbocycles. The molecule has 0 radical (unpaired) electrons. The molecule has 19 heavy (non-hydrogen) atoms. The van der Waals surface area contributed by atoms with Gasteiger partial charge >= 0.3 is 0 Å². The van der Waals surface area contributed by atoms with Crippen molar-refractivity contribution >= 4 is 5.91 Å². The van der Waals surface area contributed by atoms with Crippen LogP contribution in [0, 0.1) is 6.92 Å². The van der Waals surface area contributed by atoms with Crippen molar-refractivity contribution in [3.05, 3.63) is 35.4 Å². The van der Waals surface area contributed by atoms with Gasteiger partial charge in [-0.2, -0.15) is 0 Å². The lowest BCUT2D eigenvalue weighted by molar-refractivity contribution is -0.127. The molecule has 0 aliphatic carbocycles. The van der Waals surface area contributed by atoms with Crippen molar-refractivity contribution < 1.29 is 13.6 Å². The number of benzene rings is 1. The van der Waals surface area contributed by atoms with Crippen LogP contribution in [0.1, 0.15) is 25.0 Å². The smallest absolute Gasteiger partial charge is 0.277 e. The van der Waals surface area contributed by atoms with Gasteiger partial charge in [0.2, 0.25) is 5.91 Å².